The van der Waals surface area contributed by atoms with E-state index in [2.05, 4.69) is 112 Å². The molecular weight excluding hydrogens is 554 g/mol. The number of aliphatic imine (C=N–C) groups is 1. The fourth-order valence-electron chi connectivity index (χ4n) is 5.07. The van der Waals surface area contributed by atoms with Gasteiger partial charge in [0.1, 0.15) is 5.70 Å². The number of amides is 1. The van der Waals surface area contributed by atoms with Crippen molar-refractivity contribution in [1.29, 1.82) is 0 Å². The van der Waals surface area contributed by atoms with Crippen molar-refractivity contribution in [1.82, 2.24) is 4.90 Å². The lowest BCUT2D eigenvalue weighted by Gasteiger charge is -2.31. The predicted octanol–water partition coefficient (Wildman–Crippen LogP) is 9.66. The number of rotatable bonds is 7. The molecule has 0 spiro atoms. The van der Waals surface area contributed by atoms with Crippen molar-refractivity contribution in [2.75, 3.05) is 19.6 Å². The lowest BCUT2D eigenvalue weighted by Crippen LogP contribution is -2.42. The topological polar surface area (TPSA) is 75.8 Å². The summed E-state index contributed by atoms with van der Waals surface area (Å²) in [5.74, 6) is 1.98. The summed E-state index contributed by atoms with van der Waals surface area (Å²) < 4.78 is 0. The normalized spacial score (nSPS) is 20.7. The van der Waals surface area contributed by atoms with Gasteiger partial charge in [-0.3, -0.25) is 14.6 Å². The maximum atomic E-state index is 12.8. The fraction of sp³-hybridized carbons (Fsp3) is 0.675. The zero-order valence-electron chi connectivity index (χ0n) is 31.3. The number of Topliss-reactive ketones (excluding diaryl/α,β-unsaturated/α-hetero) is 1. The van der Waals surface area contributed by atoms with Crippen LogP contribution in [0.5, 0.6) is 0 Å². The number of nitrogens with zero attached hydrogens (tertiary/aromatic N) is 2. The van der Waals surface area contributed by atoms with Gasteiger partial charge in [0.2, 0.25) is 0 Å². The summed E-state index contributed by atoms with van der Waals surface area (Å²) in [6.45, 7) is 27.2. The number of hydrogen-bond acceptors (Lipinski definition) is 4. The van der Waals surface area contributed by atoms with Crippen LogP contribution in [0, 0.1) is 57.3 Å². The number of carbonyl (C=O) groups is 2. The third-order valence-electron chi connectivity index (χ3n) is 8.60. The molecule has 2 fully saturated rings. The Balaban J connectivity index is 0. The lowest BCUT2D eigenvalue weighted by molar-refractivity contribution is -0.128. The highest BCUT2D eigenvalue weighted by Gasteiger charge is 2.35. The largest absolute Gasteiger partial charge is 0.394 e. The van der Waals surface area contributed by atoms with Crippen LogP contribution in [0.15, 0.2) is 34.5 Å². The van der Waals surface area contributed by atoms with E-state index in [1.807, 2.05) is 4.90 Å². The summed E-state index contributed by atoms with van der Waals surface area (Å²) in [4.78, 5) is 30.3. The monoisotopic (exact) mass is 624 g/mol. The number of aryl methyl sites for hydroxylation is 2. The highest BCUT2D eigenvalue weighted by atomic mass is 16.2. The number of carbonyl (C=O) groups excluding carboxylic acids is 2. The Labute approximate surface area is 278 Å². The predicted molar refractivity (Wildman–Crippen MR) is 198 cm³/mol. The third-order valence-corrected chi connectivity index (χ3v) is 8.60. The number of unbranched alkanes of at least 4 members (excludes halogenated alkanes) is 2. The summed E-state index contributed by atoms with van der Waals surface area (Å²) in [5.41, 5.74) is 12.5. The van der Waals surface area contributed by atoms with Crippen LogP contribution in [-0.4, -0.2) is 41.9 Å². The van der Waals surface area contributed by atoms with Crippen LogP contribution in [0.25, 0.3) is 0 Å². The van der Waals surface area contributed by atoms with Gasteiger partial charge in [-0.25, -0.2) is 0 Å². The van der Waals surface area contributed by atoms with Gasteiger partial charge in [0.25, 0.3) is 5.91 Å². The Morgan fingerprint density at radius 2 is 1.56 bits per heavy atom. The molecule has 1 heterocycles. The molecular formula is C40H69N3O2. The first-order valence-electron chi connectivity index (χ1n) is 17.4. The van der Waals surface area contributed by atoms with E-state index in [4.69, 9.17) is 5.73 Å². The van der Waals surface area contributed by atoms with Crippen molar-refractivity contribution in [2.45, 2.75) is 134 Å². The van der Waals surface area contributed by atoms with Gasteiger partial charge in [-0.15, -0.1) is 12.8 Å². The van der Waals surface area contributed by atoms with E-state index in [1.165, 1.54) is 62.1 Å². The number of terminal acetylenes is 1. The maximum Gasteiger partial charge on any atom is 0.270 e. The molecule has 1 aromatic carbocycles. The van der Waals surface area contributed by atoms with Gasteiger partial charge in [-0.05, 0) is 87.3 Å². The molecule has 1 saturated carbocycles. The molecule has 1 aliphatic heterocycles. The molecule has 5 heteroatoms. The van der Waals surface area contributed by atoms with Crippen LogP contribution in [0.4, 0.5) is 0 Å². The van der Waals surface area contributed by atoms with Gasteiger partial charge in [-0.1, -0.05) is 106 Å². The molecule has 3 atom stereocenters. The number of benzene rings is 1. The molecule has 0 bridgehead atoms. The fourth-order valence-corrected chi connectivity index (χ4v) is 5.07. The number of ketones is 1. The van der Waals surface area contributed by atoms with Crippen molar-refractivity contribution in [2.24, 2.45) is 34.4 Å². The van der Waals surface area contributed by atoms with Gasteiger partial charge in [0.15, 0.2) is 5.78 Å². The minimum atomic E-state index is -0.0666. The second kappa shape index (κ2) is 25.3. The maximum absolute atomic E-state index is 12.8. The Bertz CT molecular complexity index is 1040. The van der Waals surface area contributed by atoms with E-state index in [-0.39, 0.29) is 24.2 Å². The molecule has 5 nitrogen and oxygen atoms in total. The first kappa shape index (κ1) is 44.3. The Kier molecular flexibility index (Phi) is 24.9. The van der Waals surface area contributed by atoms with Crippen LogP contribution in [0.1, 0.15) is 130 Å². The van der Waals surface area contributed by atoms with Crippen molar-refractivity contribution < 1.29 is 9.59 Å². The van der Waals surface area contributed by atoms with Gasteiger partial charge < -0.3 is 10.6 Å². The van der Waals surface area contributed by atoms with Crippen LogP contribution < -0.4 is 5.73 Å². The molecule has 0 aromatic heterocycles. The van der Waals surface area contributed by atoms with E-state index in [0.29, 0.717) is 17.5 Å². The second-order valence-electron chi connectivity index (χ2n) is 13.3. The average molecular weight is 624 g/mol. The highest BCUT2D eigenvalue weighted by molar-refractivity contribution is 6.10. The minimum Gasteiger partial charge on any atom is -0.394 e. The Hall–Kier alpha value is -2.87. The summed E-state index contributed by atoms with van der Waals surface area (Å²) in [5, 5.41) is 0. The summed E-state index contributed by atoms with van der Waals surface area (Å²) >= 11 is 0. The number of hydrogen-bond donors (Lipinski definition) is 1. The lowest BCUT2D eigenvalue weighted by atomic mass is 9.95. The van der Waals surface area contributed by atoms with Gasteiger partial charge >= 0.3 is 0 Å². The molecule has 0 radical (unpaired) electrons. The van der Waals surface area contributed by atoms with Crippen molar-refractivity contribution >= 4 is 17.4 Å². The standard InChI is InChI=1S/C18H29N3O2.C9H12.C7H16.C4H10.C2H2/c1-11-6-5-7-21(10-11)18(23)17(19)16-14(4)12(2)8-15(16)20-9-13(3)22;1-7-5-4-6-8(2)9(7)3;1-4-5-6-7(2)3;1-3-4-2;1-2/h11-12,14H,5-10,19H2,1-4H3;4-6H,1-3H3;7H,4-6H2,1-3H3;3-4H2,1-2H3;1-2H/b17-16-,20-15?;;;;/t11-,12+,14?;;;;/m0..../s1. The van der Waals surface area contributed by atoms with Crippen LogP contribution in [-0.2, 0) is 9.59 Å². The smallest absolute Gasteiger partial charge is 0.270 e. The average Bonchev–Trinajstić information content (AvgIpc) is 3.31. The molecule has 2 N–H and O–H groups in total. The van der Waals surface area contributed by atoms with E-state index in [9.17, 15) is 9.59 Å². The molecule has 2 aliphatic rings. The molecule has 1 amide bonds. The molecule has 3 rings (SSSR count). The summed E-state index contributed by atoms with van der Waals surface area (Å²) in [6.07, 6.45) is 17.8. The zero-order chi connectivity index (χ0) is 35.1. The second-order valence-corrected chi connectivity index (χ2v) is 13.3. The number of nitrogens with two attached hydrogens (primary N) is 1. The Morgan fingerprint density at radius 1 is 1.00 bits per heavy atom. The SMILES string of the molecule is C#C.CC(=O)CN=C1C[C@@H](C)C(C)/C1=C(/N)C(=O)N1CCC[C@H](C)C1.CCCC.CCCCC(C)C.Cc1cccc(C)c1C. The van der Waals surface area contributed by atoms with E-state index >= 15 is 0 Å². The number of piperidine rings is 1. The Morgan fingerprint density at radius 3 is 1.96 bits per heavy atom. The highest BCUT2D eigenvalue weighted by Crippen LogP contribution is 2.36. The molecule has 1 unspecified atom stereocenters. The number of likely N-dealkylation sites (tertiary alicyclic amines) is 1. The first-order valence-corrected chi connectivity index (χ1v) is 17.4. The number of allylic oxidation sites excluding steroid dienone is 1. The first-order chi connectivity index (χ1) is 21.2. The molecule has 1 aliphatic carbocycles. The quantitative estimate of drug-likeness (QED) is 0.243. The molecule has 1 aromatic rings. The molecule has 256 valence electrons. The minimum absolute atomic E-state index is 0.0267. The summed E-state index contributed by atoms with van der Waals surface area (Å²) in [6, 6.07) is 6.38. The van der Waals surface area contributed by atoms with Crippen molar-refractivity contribution in [3.63, 3.8) is 0 Å². The van der Waals surface area contributed by atoms with Gasteiger partial charge in [0, 0.05) is 24.4 Å². The van der Waals surface area contributed by atoms with E-state index in [1.54, 1.807) is 0 Å². The molecule has 45 heavy (non-hydrogen) atoms. The van der Waals surface area contributed by atoms with Crippen LogP contribution in [0.3, 0.4) is 0 Å². The van der Waals surface area contributed by atoms with Crippen LogP contribution in [0.2, 0.25) is 0 Å². The van der Waals surface area contributed by atoms with E-state index in [0.717, 1.165) is 43.1 Å². The third kappa shape index (κ3) is 18.0. The zero-order valence-corrected chi connectivity index (χ0v) is 31.3. The van der Waals surface area contributed by atoms with Gasteiger partial charge in [0.05, 0.1) is 6.54 Å². The van der Waals surface area contributed by atoms with Crippen LogP contribution >= 0.6 is 0 Å². The van der Waals surface area contributed by atoms with E-state index < -0.39 is 0 Å². The molecule has 1 saturated heterocycles. The van der Waals surface area contributed by atoms with Gasteiger partial charge in [-0.2, -0.15) is 0 Å². The van der Waals surface area contributed by atoms with Crippen molar-refractivity contribution in [3.05, 3.63) is 46.2 Å². The van der Waals surface area contributed by atoms with Crippen molar-refractivity contribution in [3.8, 4) is 12.8 Å². The summed E-state index contributed by atoms with van der Waals surface area (Å²) in [7, 11) is 0.